The van der Waals surface area contributed by atoms with Crippen molar-refractivity contribution in [2.24, 2.45) is 5.92 Å². The van der Waals surface area contributed by atoms with Crippen molar-refractivity contribution in [2.75, 3.05) is 26.2 Å². The second-order valence-electron chi connectivity index (χ2n) is 10.5. The van der Waals surface area contributed by atoms with E-state index in [0.717, 1.165) is 5.69 Å². The van der Waals surface area contributed by atoms with Gasteiger partial charge in [-0.2, -0.15) is 5.10 Å². The van der Waals surface area contributed by atoms with Crippen LogP contribution in [0, 0.1) is 5.92 Å². The summed E-state index contributed by atoms with van der Waals surface area (Å²) in [6, 6.07) is 6.30. The number of carbonyl (C=O) groups excluding carboxylic acids is 3. The molecule has 3 rings (SSSR count). The first-order valence-corrected chi connectivity index (χ1v) is 12.7. The maximum Gasteiger partial charge on any atom is 0.274 e. The Kier molecular flexibility index (Phi) is 9.00. The Morgan fingerprint density at radius 2 is 1.94 bits per heavy atom. The SMILES string of the molecule is CC(C)[C@@H]1COc2ccc(Cl)cc2C(=O)NCCCCN(C(=O)c2cc(C(C)(C)C)[nH]n2)CC(=O)N1. The van der Waals surface area contributed by atoms with Gasteiger partial charge >= 0.3 is 0 Å². The first-order valence-electron chi connectivity index (χ1n) is 12.3. The zero-order valence-corrected chi connectivity index (χ0v) is 22.4. The molecule has 0 fully saturated rings. The molecule has 196 valence electrons. The van der Waals surface area contributed by atoms with Crippen LogP contribution in [0.5, 0.6) is 5.75 Å². The summed E-state index contributed by atoms with van der Waals surface area (Å²) in [6.07, 6.45) is 1.22. The molecule has 0 unspecified atom stereocenters. The van der Waals surface area contributed by atoms with Gasteiger partial charge in [-0.15, -0.1) is 0 Å². The van der Waals surface area contributed by atoms with E-state index in [1.54, 1.807) is 24.3 Å². The Morgan fingerprint density at radius 1 is 1.19 bits per heavy atom. The highest BCUT2D eigenvalue weighted by atomic mass is 35.5. The van der Waals surface area contributed by atoms with E-state index in [1.165, 1.54) is 4.90 Å². The Hall–Kier alpha value is -3.07. The summed E-state index contributed by atoms with van der Waals surface area (Å²) in [4.78, 5) is 40.6. The van der Waals surface area contributed by atoms with Crippen LogP contribution in [0.15, 0.2) is 24.3 Å². The Labute approximate surface area is 217 Å². The van der Waals surface area contributed by atoms with Crippen LogP contribution in [0.25, 0.3) is 0 Å². The molecule has 1 aliphatic heterocycles. The Balaban J connectivity index is 1.82. The van der Waals surface area contributed by atoms with Crippen LogP contribution in [0.4, 0.5) is 0 Å². The normalized spacial score (nSPS) is 18.4. The van der Waals surface area contributed by atoms with E-state index in [0.29, 0.717) is 42.3 Å². The number of rotatable bonds is 2. The highest BCUT2D eigenvalue weighted by molar-refractivity contribution is 6.31. The van der Waals surface area contributed by atoms with Gasteiger partial charge in [0.05, 0.1) is 18.2 Å². The topological polar surface area (TPSA) is 116 Å². The van der Waals surface area contributed by atoms with Crippen molar-refractivity contribution in [1.82, 2.24) is 25.7 Å². The van der Waals surface area contributed by atoms with Gasteiger partial charge in [-0.25, -0.2) is 0 Å². The largest absolute Gasteiger partial charge is 0.491 e. The summed E-state index contributed by atoms with van der Waals surface area (Å²) in [7, 11) is 0. The van der Waals surface area contributed by atoms with Gasteiger partial charge in [-0.05, 0) is 43.0 Å². The predicted molar refractivity (Wildman–Crippen MR) is 138 cm³/mol. The van der Waals surface area contributed by atoms with Gasteiger partial charge in [0.15, 0.2) is 0 Å². The minimum absolute atomic E-state index is 0.0547. The summed E-state index contributed by atoms with van der Waals surface area (Å²) in [6.45, 7) is 10.8. The van der Waals surface area contributed by atoms with Crippen LogP contribution in [-0.2, 0) is 10.2 Å². The molecule has 9 nitrogen and oxygen atoms in total. The zero-order chi connectivity index (χ0) is 26.5. The molecule has 1 aromatic carbocycles. The van der Waals surface area contributed by atoms with Crippen LogP contribution in [-0.4, -0.2) is 65.1 Å². The van der Waals surface area contributed by atoms with Crippen molar-refractivity contribution in [3.05, 3.63) is 46.2 Å². The number of benzene rings is 1. The van der Waals surface area contributed by atoms with Gasteiger partial charge in [-0.3, -0.25) is 19.5 Å². The third kappa shape index (κ3) is 7.22. The second-order valence-corrected chi connectivity index (χ2v) is 10.9. The predicted octanol–water partition coefficient (Wildman–Crippen LogP) is 3.55. The van der Waals surface area contributed by atoms with Gasteiger partial charge in [0.2, 0.25) is 5.91 Å². The average Bonchev–Trinajstić information content (AvgIpc) is 3.31. The number of aromatic amines is 1. The highest BCUT2D eigenvalue weighted by Gasteiger charge is 2.26. The van der Waals surface area contributed by atoms with Gasteiger partial charge in [0.25, 0.3) is 11.8 Å². The number of aromatic nitrogens is 2. The molecular weight excluding hydrogens is 482 g/mol. The minimum atomic E-state index is -0.330. The van der Waals surface area contributed by atoms with Crippen molar-refractivity contribution in [2.45, 2.75) is 58.9 Å². The number of ether oxygens (including phenoxy) is 1. The number of hydrogen-bond donors (Lipinski definition) is 3. The summed E-state index contributed by atoms with van der Waals surface area (Å²) < 4.78 is 5.96. The van der Waals surface area contributed by atoms with E-state index in [2.05, 4.69) is 20.8 Å². The standard InChI is InChI=1S/C26H36ClN5O4/c1-16(2)20-15-36-21-9-8-17(27)12-18(21)24(34)28-10-6-7-11-32(14-23(33)29-20)25(35)19-13-22(31-30-19)26(3,4)5/h8-9,12-13,16,20H,6-7,10-11,14-15H2,1-5H3,(H,28,34)(H,29,33)(H,30,31)/t20-/m0/s1. The number of halogens is 1. The van der Waals surface area contributed by atoms with Crippen molar-refractivity contribution >= 4 is 29.3 Å². The molecule has 1 aliphatic rings. The second kappa shape index (κ2) is 11.8. The number of amides is 3. The molecule has 0 saturated heterocycles. The monoisotopic (exact) mass is 517 g/mol. The van der Waals surface area contributed by atoms with Gasteiger partial charge < -0.3 is 20.3 Å². The van der Waals surface area contributed by atoms with Crippen molar-refractivity contribution in [1.29, 1.82) is 0 Å². The van der Waals surface area contributed by atoms with Crippen molar-refractivity contribution in [3.63, 3.8) is 0 Å². The molecule has 3 amide bonds. The molecule has 1 atom stereocenters. The minimum Gasteiger partial charge on any atom is -0.491 e. The lowest BCUT2D eigenvalue weighted by molar-refractivity contribution is -0.123. The zero-order valence-electron chi connectivity index (χ0n) is 21.6. The fourth-order valence-electron chi connectivity index (χ4n) is 3.77. The summed E-state index contributed by atoms with van der Waals surface area (Å²) >= 11 is 6.12. The number of fused-ring (bicyclic) bond motifs is 1. The fraction of sp³-hybridized carbons (Fsp3) is 0.538. The molecule has 2 aromatic rings. The third-order valence-electron chi connectivity index (χ3n) is 6.12. The highest BCUT2D eigenvalue weighted by Crippen LogP contribution is 2.24. The average molecular weight is 518 g/mol. The van der Waals surface area contributed by atoms with Gasteiger partial charge in [0, 0.05) is 29.2 Å². The number of H-pyrrole nitrogens is 1. The summed E-state index contributed by atoms with van der Waals surface area (Å²) in [5, 5.41) is 13.5. The smallest absolute Gasteiger partial charge is 0.274 e. The maximum atomic E-state index is 13.3. The van der Waals surface area contributed by atoms with Gasteiger partial charge in [0.1, 0.15) is 18.1 Å². The first kappa shape index (κ1) is 27.5. The lowest BCUT2D eigenvalue weighted by Crippen LogP contribution is -2.48. The molecule has 0 bridgehead atoms. The van der Waals surface area contributed by atoms with E-state index >= 15 is 0 Å². The molecule has 1 aromatic heterocycles. The molecule has 2 heterocycles. The fourth-order valence-corrected chi connectivity index (χ4v) is 3.94. The quantitative estimate of drug-likeness (QED) is 0.563. The first-order chi connectivity index (χ1) is 17.0. The molecular formula is C26H36ClN5O4. The molecule has 0 spiro atoms. The van der Waals surface area contributed by atoms with E-state index in [-0.39, 0.29) is 53.9 Å². The van der Waals surface area contributed by atoms with E-state index in [4.69, 9.17) is 16.3 Å². The van der Waals surface area contributed by atoms with Crippen LogP contribution >= 0.6 is 11.6 Å². The molecule has 0 aliphatic carbocycles. The third-order valence-corrected chi connectivity index (χ3v) is 6.36. The lowest BCUT2D eigenvalue weighted by atomic mass is 9.92. The Bertz CT molecular complexity index is 1090. The van der Waals surface area contributed by atoms with Crippen molar-refractivity contribution < 1.29 is 19.1 Å². The van der Waals surface area contributed by atoms with Crippen LogP contribution < -0.4 is 15.4 Å². The lowest BCUT2D eigenvalue weighted by Gasteiger charge is -2.26. The molecule has 10 heteroatoms. The Morgan fingerprint density at radius 3 is 2.61 bits per heavy atom. The van der Waals surface area contributed by atoms with Crippen molar-refractivity contribution in [3.8, 4) is 5.75 Å². The molecule has 36 heavy (non-hydrogen) atoms. The molecule has 0 radical (unpaired) electrons. The summed E-state index contributed by atoms with van der Waals surface area (Å²) in [5.74, 6) is -0.426. The van der Waals surface area contributed by atoms with E-state index < -0.39 is 0 Å². The maximum absolute atomic E-state index is 13.3. The number of nitrogens with zero attached hydrogens (tertiary/aromatic N) is 2. The summed E-state index contributed by atoms with van der Waals surface area (Å²) in [5.41, 5.74) is 1.27. The molecule has 3 N–H and O–H groups in total. The number of carbonyl (C=O) groups is 3. The van der Waals surface area contributed by atoms with E-state index in [1.807, 2.05) is 34.6 Å². The van der Waals surface area contributed by atoms with Gasteiger partial charge in [-0.1, -0.05) is 46.2 Å². The van der Waals surface area contributed by atoms with Crippen LogP contribution in [0.3, 0.4) is 0 Å². The van der Waals surface area contributed by atoms with Crippen LogP contribution in [0.1, 0.15) is 74.0 Å². The number of nitrogens with one attached hydrogen (secondary N) is 3. The molecule has 0 saturated carbocycles. The number of hydrogen-bond acceptors (Lipinski definition) is 5. The van der Waals surface area contributed by atoms with E-state index in [9.17, 15) is 14.4 Å². The van der Waals surface area contributed by atoms with Crippen LogP contribution in [0.2, 0.25) is 5.02 Å².